The molecule has 0 saturated carbocycles. The first kappa shape index (κ1) is 18.0. The Morgan fingerprint density at radius 1 is 1.14 bits per heavy atom. The molecule has 144 valence electrons. The van der Waals surface area contributed by atoms with E-state index in [9.17, 15) is 10.1 Å². The lowest BCUT2D eigenvalue weighted by Gasteiger charge is -2.32. The smallest absolute Gasteiger partial charge is 0.292 e. The van der Waals surface area contributed by atoms with Crippen molar-refractivity contribution in [2.45, 2.75) is 25.7 Å². The van der Waals surface area contributed by atoms with E-state index in [1.165, 1.54) is 6.07 Å². The molecule has 1 aliphatic heterocycles. The van der Waals surface area contributed by atoms with Crippen LogP contribution in [0, 0.1) is 17.0 Å². The molecule has 1 aliphatic rings. The third-order valence-corrected chi connectivity index (χ3v) is 4.85. The minimum absolute atomic E-state index is 0.0764. The average Bonchev–Trinajstić information content (AvgIpc) is 3.15. The van der Waals surface area contributed by atoms with Gasteiger partial charge in [-0.05, 0) is 38.0 Å². The summed E-state index contributed by atoms with van der Waals surface area (Å²) in [7, 11) is 0. The Kier molecular flexibility index (Phi) is 4.92. The summed E-state index contributed by atoms with van der Waals surface area (Å²) in [5.74, 6) is 2.71. The second-order valence-electron chi connectivity index (χ2n) is 6.76. The van der Waals surface area contributed by atoms with Crippen molar-refractivity contribution in [3.05, 3.63) is 70.4 Å². The highest BCUT2D eigenvalue weighted by Gasteiger charge is 2.28. The fraction of sp³-hybridized carbons (Fsp3) is 0.300. The van der Waals surface area contributed by atoms with Crippen molar-refractivity contribution < 1.29 is 14.2 Å². The number of hydrogen-bond donors (Lipinski definition) is 0. The molecule has 1 fully saturated rings. The molecular weight excluding hydrogens is 360 g/mol. The van der Waals surface area contributed by atoms with Crippen LogP contribution in [0.15, 0.2) is 53.1 Å². The summed E-state index contributed by atoms with van der Waals surface area (Å²) in [5.41, 5.74) is 0.645. The quantitative estimate of drug-likeness (QED) is 0.476. The summed E-state index contributed by atoms with van der Waals surface area (Å²) >= 11 is 0. The lowest BCUT2D eigenvalue weighted by molar-refractivity contribution is -0.384. The Morgan fingerprint density at radius 3 is 2.54 bits per heavy atom. The largest absolute Gasteiger partial charge is 0.457 e. The lowest BCUT2D eigenvalue weighted by Crippen LogP contribution is -2.33. The SMILES string of the molecule is Cc1noc(C2CCN(c3cc(Oc4ccccc4)ccc3[N+](=O)[O-])CC2)n1. The highest BCUT2D eigenvalue weighted by Crippen LogP contribution is 2.37. The fourth-order valence-electron chi connectivity index (χ4n) is 3.45. The maximum atomic E-state index is 11.5. The number of aromatic nitrogens is 2. The summed E-state index contributed by atoms with van der Waals surface area (Å²) in [6, 6.07) is 14.2. The third-order valence-electron chi connectivity index (χ3n) is 4.85. The molecule has 3 aromatic rings. The zero-order chi connectivity index (χ0) is 19.5. The molecule has 0 unspecified atom stereocenters. The molecular formula is C20H20N4O4. The molecule has 0 bridgehead atoms. The Bertz CT molecular complexity index is 965. The maximum Gasteiger partial charge on any atom is 0.292 e. The van der Waals surface area contributed by atoms with Gasteiger partial charge in [0.2, 0.25) is 5.89 Å². The van der Waals surface area contributed by atoms with E-state index in [0.717, 1.165) is 12.8 Å². The van der Waals surface area contributed by atoms with Gasteiger partial charge in [0.1, 0.15) is 17.2 Å². The molecule has 0 N–H and O–H groups in total. The monoisotopic (exact) mass is 380 g/mol. The van der Waals surface area contributed by atoms with Crippen LogP contribution in [0.5, 0.6) is 11.5 Å². The highest BCUT2D eigenvalue weighted by molar-refractivity contribution is 5.66. The van der Waals surface area contributed by atoms with Crippen molar-refractivity contribution in [3.8, 4) is 11.5 Å². The lowest BCUT2D eigenvalue weighted by atomic mass is 9.96. The first-order valence-electron chi connectivity index (χ1n) is 9.16. The number of nitro groups is 1. The first-order valence-corrected chi connectivity index (χ1v) is 9.16. The molecule has 1 aromatic heterocycles. The Labute approximate surface area is 161 Å². The van der Waals surface area contributed by atoms with Crippen molar-refractivity contribution in [2.75, 3.05) is 18.0 Å². The van der Waals surface area contributed by atoms with Crippen LogP contribution >= 0.6 is 0 Å². The van der Waals surface area contributed by atoms with Gasteiger partial charge < -0.3 is 14.2 Å². The molecule has 28 heavy (non-hydrogen) atoms. The van der Waals surface area contributed by atoms with Crippen LogP contribution in [-0.4, -0.2) is 28.2 Å². The fourth-order valence-corrected chi connectivity index (χ4v) is 3.45. The Hall–Kier alpha value is -3.42. The van der Waals surface area contributed by atoms with E-state index >= 15 is 0 Å². The normalized spacial score (nSPS) is 14.8. The van der Waals surface area contributed by atoms with Crippen molar-refractivity contribution in [2.24, 2.45) is 0 Å². The number of aryl methyl sites for hydroxylation is 1. The molecule has 0 amide bonds. The predicted molar refractivity (Wildman–Crippen MR) is 103 cm³/mol. The van der Waals surface area contributed by atoms with Gasteiger partial charge in [-0.1, -0.05) is 23.4 Å². The van der Waals surface area contributed by atoms with Gasteiger partial charge in [0.15, 0.2) is 5.82 Å². The van der Waals surface area contributed by atoms with E-state index in [4.69, 9.17) is 9.26 Å². The van der Waals surface area contributed by atoms with Crippen LogP contribution in [0.3, 0.4) is 0 Å². The van der Waals surface area contributed by atoms with Gasteiger partial charge in [-0.3, -0.25) is 10.1 Å². The number of piperidine rings is 1. The molecule has 8 heteroatoms. The summed E-state index contributed by atoms with van der Waals surface area (Å²) in [4.78, 5) is 17.5. The second kappa shape index (κ2) is 7.67. The van der Waals surface area contributed by atoms with Gasteiger partial charge in [-0.2, -0.15) is 4.98 Å². The molecule has 0 spiro atoms. The molecule has 4 rings (SSSR count). The van der Waals surface area contributed by atoms with E-state index in [2.05, 4.69) is 10.1 Å². The molecule has 2 heterocycles. The number of hydrogen-bond acceptors (Lipinski definition) is 7. The van der Waals surface area contributed by atoms with Crippen LogP contribution in [0.2, 0.25) is 0 Å². The second-order valence-corrected chi connectivity index (χ2v) is 6.76. The van der Waals surface area contributed by atoms with Gasteiger partial charge in [0, 0.05) is 31.1 Å². The van der Waals surface area contributed by atoms with E-state index < -0.39 is 0 Å². The number of ether oxygens (including phenoxy) is 1. The van der Waals surface area contributed by atoms with Crippen molar-refractivity contribution in [1.82, 2.24) is 10.1 Å². The number of nitrogens with zero attached hydrogens (tertiary/aromatic N) is 4. The molecule has 1 saturated heterocycles. The van der Waals surface area contributed by atoms with E-state index in [1.54, 1.807) is 19.1 Å². The Balaban J connectivity index is 1.54. The topological polar surface area (TPSA) is 94.5 Å². The zero-order valence-corrected chi connectivity index (χ0v) is 15.4. The number of rotatable bonds is 5. The van der Waals surface area contributed by atoms with Crippen LogP contribution in [0.25, 0.3) is 0 Å². The molecule has 8 nitrogen and oxygen atoms in total. The van der Waals surface area contributed by atoms with Crippen LogP contribution in [0.4, 0.5) is 11.4 Å². The number of para-hydroxylation sites is 1. The number of benzene rings is 2. The molecule has 2 aromatic carbocycles. The first-order chi connectivity index (χ1) is 13.6. The van der Waals surface area contributed by atoms with E-state index in [1.807, 2.05) is 35.2 Å². The summed E-state index contributed by atoms with van der Waals surface area (Å²) in [6.45, 7) is 3.13. The van der Waals surface area contributed by atoms with Crippen molar-refractivity contribution >= 4 is 11.4 Å². The van der Waals surface area contributed by atoms with Crippen molar-refractivity contribution in [3.63, 3.8) is 0 Å². The molecule has 0 radical (unpaired) electrons. The zero-order valence-electron chi connectivity index (χ0n) is 15.4. The van der Waals surface area contributed by atoms with Gasteiger partial charge in [0.25, 0.3) is 5.69 Å². The maximum absolute atomic E-state index is 11.5. The molecule has 0 atom stereocenters. The van der Waals surface area contributed by atoms with Crippen LogP contribution in [-0.2, 0) is 0 Å². The van der Waals surface area contributed by atoms with E-state index in [-0.39, 0.29) is 16.5 Å². The number of anilines is 1. The minimum atomic E-state index is -0.352. The predicted octanol–water partition coefficient (Wildman–Crippen LogP) is 4.46. The van der Waals surface area contributed by atoms with E-state index in [0.29, 0.717) is 42.0 Å². The summed E-state index contributed by atoms with van der Waals surface area (Å²) < 4.78 is 11.1. The van der Waals surface area contributed by atoms with Gasteiger partial charge in [-0.25, -0.2) is 0 Å². The number of nitro benzene ring substituents is 1. The van der Waals surface area contributed by atoms with Crippen molar-refractivity contribution in [1.29, 1.82) is 0 Å². The van der Waals surface area contributed by atoms with Gasteiger partial charge >= 0.3 is 0 Å². The minimum Gasteiger partial charge on any atom is -0.457 e. The van der Waals surface area contributed by atoms with Gasteiger partial charge in [-0.15, -0.1) is 0 Å². The van der Waals surface area contributed by atoms with Gasteiger partial charge in [0.05, 0.1) is 4.92 Å². The third kappa shape index (κ3) is 3.80. The molecule has 0 aliphatic carbocycles. The highest BCUT2D eigenvalue weighted by atomic mass is 16.6. The van der Waals surface area contributed by atoms with Crippen LogP contribution in [0.1, 0.15) is 30.5 Å². The Morgan fingerprint density at radius 2 is 1.89 bits per heavy atom. The summed E-state index contributed by atoms with van der Waals surface area (Å²) in [5, 5.41) is 15.4. The average molecular weight is 380 g/mol. The summed E-state index contributed by atoms with van der Waals surface area (Å²) in [6.07, 6.45) is 1.59. The van der Waals surface area contributed by atoms with Crippen LogP contribution < -0.4 is 9.64 Å². The standard InChI is InChI=1S/C20H20N4O4/c1-14-21-20(28-22-14)15-9-11-23(12-10-15)19-13-17(7-8-18(19)24(25)26)27-16-5-3-2-4-6-16/h2-8,13,15H,9-12H2,1H3.